The van der Waals surface area contributed by atoms with Gasteiger partial charge in [0.1, 0.15) is 4.32 Å². The van der Waals surface area contributed by atoms with E-state index in [0.717, 1.165) is 36.4 Å². The van der Waals surface area contributed by atoms with E-state index in [1.807, 2.05) is 11.8 Å². The summed E-state index contributed by atoms with van der Waals surface area (Å²) in [5.74, 6) is 1.12. The zero-order valence-electron chi connectivity index (χ0n) is 13.4. The summed E-state index contributed by atoms with van der Waals surface area (Å²) in [6, 6.07) is 0. The molecular weight excluding hydrogens is 310 g/mol. The highest BCUT2D eigenvalue weighted by molar-refractivity contribution is 8.22. The van der Waals surface area contributed by atoms with Crippen molar-refractivity contribution in [3.05, 3.63) is 0 Å². The monoisotopic (exact) mass is 339 g/mol. The van der Waals surface area contributed by atoms with Gasteiger partial charge in [0, 0.05) is 38.5 Å². The fourth-order valence-corrected chi connectivity index (χ4v) is 3.62. The van der Waals surface area contributed by atoms with Crippen LogP contribution in [0.4, 0.5) is 0 Å². The Morgan fingerprint density at radius 3 is 2.15 bits per heavy atom. The van der Waals surface area contributed by atoms with Gasteiger partial charge in [0.15, 0.2) is 0 Å². The largest absolute Gasteiger partial charge is 0.402 e. The maximum Gasteiger partial charge on any atom is 0.303 e. The smallest absolute Gasteiger partial charge is 0.303 e. The Kier molecular flexibility index (Phi) is 12.1. The zero-order valence-corrected chi connectivity index (χ0v) is 16.5. The minimum Gasteiger partial charge on any atom is -0.402 e. The first-order chi connectivity index (χ1) is 9.52. The molecule has 1 aliphatic rings. The van der Waals surface area contributed by atoms with E-state index in [2.05, 4.69) is 34.5 Å². The summed E-state index contributed by atoms with van der Waals surface area (Å²) in [6.45, 7) is 10.5. The SMILES string of the molecule is CCN(CC)C(=S)SCCC1(C)COC1.CO[SiH2]OC. The van der Waals surface area contributed by atoms with E-state index in [4.69, 9.17) is 17.0 Å². The molecule has 0 atom stereocenters. The van der Waals surface area contributed by atoms with Crippen LogP contribution in [0.1, 0.15) is 27.2 Å². The molecule has 0 amide bonds. The normalized spacial score (nSPS) is 15.8. The molecule has 0 aromatic carbocycles. The van der Waals surface area contributed by atoms with Crippen LogP contribution in [0.15, 0.2) is 0 Å². The van der Waals surface area contributed by atoms with Crippen LogP contribution in [0.5, 0.6) is 0 Å². The van der Waals surface area contributed by atoms with Gasteiger partial charge in [-0.15, -0.1) is 0 Å². The highest BCUT2D eigenvalue weighted by atomic mass is 32.2. The standard InChI is InChI=1S/C11H21NOS2.C2H8O2Si/c1-4-12(5-2)10(14)15-7-6-11(3)8-13-9-11;1-3-5-4-2/h4-9H2,1-3H3;5H2,1-2H3. The summed E-state index contributed by atoms with van der Waals surface area (Å²) in [5, 5.41) is 0. The molecule has 0 aliphatic carbocycles. The molecule has 120 valence electrons. The van der Waals surface area contributed by atoms with E-state index in [1.54, 1.807) is 14.2 Å². The molecule has 4 nitrogen and oxygen atoms in total. The summed E-state index contributed by atoms with van der Waals surface area (Å²) in [6.07, 6.45) is 1.21. The van der Waals surface area contributed by atoms with E-state index in [-0.39, 0.29) is 0 Å². The lowest BCUT2D eigenvalue weighted by Gasteiger charge is -2.38. The fourth-order valence-electron chi connectivity index (χ4n) is 1.67. The Bertz CT molecular complexity index is 260. The summed E-state index contributed by atoms with van der Waals surface area (Å²) in [4.78, 5) is 2.24. The van der Waals surface area contributed by atoms with Gasteiger partial charge >= 0.3 is 10.0 Å². The molecule has 1 aliphatic heterocycles. The third kappa shape index (κ3) is 8.59. The predicted molar refractivity (Wildman–Crippen MR) is 94.1 cm³/mol. The molecule has 20 heavy (non-hydrogen) atoms. The molecule has 0 unspecified atom stereocenters. The van der Waals surface area contributed by atoms with Crippen LogP contribution < -0.4 is 0 Å². The van der Waals surface area contributed by atoms with Crippen molar-refractivity contribution in [2.24, 2.45) is 5.41 Å². The van der Waals surface area contributed by atoms with Crippen molar-refractivity contribution < 1.29 is 13.6 Å². The van der Waals surface area contributed by atoms with E-state index >= 15 is 0 Å². The predicted octanol–water partition coefficient (Wildman–Crippen LogP) is 2.05. The van der Waals surface area contributed by atoms with Gasteiger partial charge in [-0.25, -0.2) is 0 Å². The van der Waals surface area contributed by atoms with Crippen molar-refractivity contribution in [1.29, 1.82) is 0 Å². The first-order valence-corrected chi connectivity index (χ1v) is 9.55. The van der Waals surface area contributed by atoms with Crippen molar-refractivity contribution in [3.63, 3.8) is 0 Å². The van der Waals surface area contributed by atoms with Gasteiger partial charge in [-0.3, -0.25) is 0 Å². The highest BCUT2D eigenvalue weighted by Crippen LogP contribution is 2.32. The number of hydrogen-bond donors (Lipinski definition) is 0. The third-order valence-electron chi connectivity index (χ3n) is 3.09. The number of rotatable bonds is 7. The lowest BCUT2D eigenvalue weighted by molar-refractivity contribution is -0.102. The van der Waals surface area contributed by atoms with E-state index in [9.17, 15) is 0 Å². The molecule has 0 aromatic rings. The molecule has 1 saturated heterocycles. The summed E-state index contributed by atoms with van der Waals surface area (Å²) in [5.41, 5.74) is 0.422. The number of ether oxygens (including phenoxy) is 1. The first kappa shape index (κ1) is 20.3. The molecule has 0 N–H and O–H groups in total. The van der Waals surface area contributed by atoms with Crippen LogP contribution in [-0.2, 0) is 13.6 Å². The minimum atomic E-state index is -0.568. The molecular formula is C13H29NO3S2Si. The molecule has 0 bridgehead atoms. The quantitative estimate of drug-likeness (QED) is 0.521. The van der Waals surface area contributed by atoms with Gasteiger partial charge in [0.2, 0.25) is 0 Å². The second-order valence-corrected chi connectivity index (χ2v) is 8.15. The maximum absolute atomic E-state index is 5.37. The van der Waals surface area contributed by atoms with Crippen molar-refractivity contribution in [1.82, 2.24) is 4.90 Å². The third-order valence-corrected chi connectivity index (χ3v) is 5.09. The second-order valence-electron chi connectivity index (χ2n) is 5.04. The Hall–Kier alpha value is 0.337. The van der Waals surface area contributed by atoms with Crippen LogP contribution in [0.3, 0.4) is 0 Å². The Morgan fingerprint density at radius 2 is 1.85 bits per heavy atom. The van der Waals surface area contributed by atoms with Crippen LogP contribution in [-0.4, -0.2) is 65.5 Å². The molecule has 1 rings (SSSR count). The zero-order chi connectivity index (χ0) is 15.4. The minimum absolute atomic E-state index is 0.422. The first-order valence-electron chi connectivity index (χ1n) is 7.00. The Morgan fingerprint density at radius 1 is 1.30 bits per heavy atom. The van der Waals surface area contributed by atoms with Gasteiger partial charge in [-0.2, -0.15) is 0 Å². The summed E-state index contributed by atoms with van der Waals surface area (Å²) >= 11 is 7.19. The summed E-state index contributed by atoms with van der Waals surface area (Å²) in [7, 11) is 2.73. The molecule has 0 aromatic heterocycles. The molecule has 0 spiro atoms. The van der Waals surface area contributed by atoms with E-state index < -0.39 is 10.0 Å². The number of thiocarbonyl (C=S) groups is 1. The average molecular weight is 340 g/mol. The van der Waals surface area contributed by atoms with Crippen LogP contribution >= 0.6 is 24.0 Å². The van der Waals surface area contributed by atoms with Gasteiger partial charge in [-0.1, -0.05) is 30.9 Å². The van der Waals surface area contributed by atoms with E-state index in [1.165, 1.54) is 6.42 Å². The van der Waals surface area contributed by atoms with E-state index in [0.29, 0.717) is 5.41 Å². The van der Waals surface area contributed by atoms with Crippen LogP contribution in [0.25, 0.3) is 0 Å². The van der Waals surface area contributed by atoms with Crippen molar-refractivity contribution in [3.8, 4) is 0 Å². The lowest BCUT2D eigenvalue weighted by atomic mass is 9.86. The molecule has 1 heterocycles. The maximum atomic E-state index is 5.37. The number of hydrogen-bond acceptors (Lipinski definition) is 5. The number of thioether (sulfide) groups is 1. The second kappa shape index (κ2) is 11.9. The lowest BCUT2D eigenvalue weighted by Crippen LogP contribution is -2.40. The average Bonchev–Trinajstić information content (AvgIpc) is 2.40. The van der Waals surface area contributed by atoms with Crippen molar-refractivity contribution in [2.45, 2.75) is 27.2 Å². The van der Waals surface area contributed by atoms with Crippen LogP contribution in [0.2, 0.25) is 0 Å². The van der Waals surface area contributed by atoms with Gasteiger partial charge in [-0.05, 0) is 20.3 Å². The van der Waals surface area contributed by atoms with Crippen LogP contribution in [0, 0.1) is 5.41 Å². The Labute approximate surface area is 136 Å². The van der Waals surface area contributed by atoms with Gasteiger partial charge < -0.3 is 18.5 Å². The van der Waals surface area contributed by atoms with Crippen molar-refractivity contribution in [2.75, 3.05) is 46.3 Å². The van der Waals surface area contributed by atoms with Gasteiger partial charge in [0.25, 0.3) is 0 Å². The number of nitrogens with zero attached hydrogens (tertiary/aromatic N) is 1. The fraction of sp³-hybridized carbons (Fsp3) is 0.923. The molecule has 7 heteroatoms. The molecule has 0 saturated carbocycles. The van der Waals surface area contributed by atoms with Gasteiger partial charge in [0.05, 0.1) is 13.2 Å². The molecule has 1 fully saturated rings. The molecule has 0 radical (unpaired) electrons. The highest BCUT2D eigenvalue weighted by Gasteiger charge is 2.32. The Balaban J connectivity index is 0.000000621. The summed E-state index contributed by atoms with van der Waals surface area (Å²) < 4.78 is 15.5. The van der Waals surface area contributed by atoms with Crippen molar-refractivity contribution >= 4 is 38.3 Å². The topological polar surface area (TPSA) is 30.9 Å².